The average molecular weight is 359 g/mol. The van der Waals surface area contributed by atoms with Gasteiger partial charge in [0.05, 0.1) is 17.9 Å². The number of halogens is 1. The molecule has 0 radical (unpaired) electrons. The smallest absolute Gasteiger partial charge is 0.290 e. The predicted octanol–water partition coefficient (Wildman–Crippen LogP) is 3.03. The number of amides is 1. The number of aliphatic hydroxyl groups excluding tert-OH is 1. The first-order valence-electron chi connectivity index (χ1n) is 8.11. The fourth-order valence-corrected chi connectivity index (χ4v) is 3.03. The Morgan fingerprint density at radius 1 is 1.31 bits per heavy atom. The van der Waals surface area contributed by atoms with Crippen LogP contribution in [0.3, 0.4) is 0 Å². The third-order valence-corrected chi connectivity index (χ3v) is 4.23. The maximum atomic E-state index is 13.3. The van der Waals surface area contributed by atoms with Crippen molar-refractivity contribution in [3.63, 3.8) is 0 Å². The summed E-state index contributed by atoms with van der Waals surface area (Å²) >= 11 is 0. The lowest BCUT2D eigenvalue weighted by Crippen LogP contribution is -2.32. The highest BCUT2D eigenvalue weighted by Gasteiger charge is 2.44. The molecule has 0 unspecified atom stereocenters. The summed E-state index contributed by atoms with van der Waals surface area (Å²) in [4.78, 5) is 26.7. The van der Waals surface area contributed by atoms with Gasteiger partial charge < -0.3 is 19.2 Å². The molecule has 1 amide bonds. The number of carbonyl (C=O) groups is 2. The zero-order valence-electron chi connectivity index (χ0n) is 14.1. The molecule has 1 aliphatic heterocycles. The molecule has 136 valence electrons. The molecular formula is C19H18FNO5. The maximum absolute atomic E-state index is 13.3. The Morgan fingerprint density at radius 2 is 2.04 bits per heavy atom. The number of furan rings is 1. The van der Waals surface area contributed by atoms with Crippen LogP contribution in [-0.2, 0) is 9.53 Å². The summed E-state index contributed by atoms with van der Waals surface area (Å²) < 4.78 is 23.4. The first kappa shape index (κ1) is 17.9. The summed E-state index contributed by atoms with van der Waals surface area (Å²) in [6.07, 6.45) is 1.86. The molecule has 1 atom stereocenters. The van der Waals surface area contributed by atoms with Crippen LogP contribution in [0, 0.1) is 5.82 Å². The fraction of sp³-hybridized carbons (Fsp3) is 0.263. The third kappa shape index (κ3) is 3.25. The first-order chi connectivity index (χ1) is 12.5. The van der Waals surface area contributed by atoms with E-state index in [1.54, 1.807) is 13.2 Å². The van der Waals surface area contributed by atoms with E-state index in [4.69, 9.17) is 9.15 Å². The second kappa shape index (κ2) is 7.53. The molecule has 1 N–H and O–H groups in total. The van der Waals surface area contributed by atoms with E-state index in [-0.39, 0.29) is 17.9 Å². The molecule has 1 aliphatic rings. The molecule has 1 aromatic heterocycles. The largest absolute Gasteiger partial charge is 0.503 e. The number of benzene rings is 1. The monoisotopic (exact) mass is 359 g/mol. The lowest BCUT2D eigenvalue weighted by atomic mass is 9.95. The number of nitrogens with zero attached hydrogens (tertiary/aromatic N) is 1. The molecule has 3 rings (SSSR count). The summed E-state index contributed by atoms with van der Waals surface area (Å²) in [6, 6.07) is 7.66. The highest BCUT2D eigenvalue weighted by molar-refractivity contribution is 6.14. The van der Waals surface area contributed by atoms with Gasteiger partial charge in [0.2, 0.25) is 5.78 Å². The van der Waals surface area contributed by atoms with Gasteiger partial charge in [-0.1, -0.05) is 12.1 Å². The molecule has 1 aromatic carbocycles. The molecule has 0 fully saturated rings. The standard InChI is InChI=1S/C19H18FNO5/c1-25-10-3-9-21-16(12-5-7-13(20)8-6-12)15(18(23)19(21)24)17(22)14-4-2-11-26-14/h2,4-8,11,16,23H,3,9-10H2,1H3/t16-/m1/s1. The number of hydrogen-bond acceptors (Lipinski definition) is 5. The van der Waals surface area contributed by atoms with E-state index in [1.165, 1.54) is 41.5 Å². The molecule has 26 heavy (non-hydrogen) atoms. The number of methoxy groups -OCH3 is 1. The summed E-state index contributed by atoms with van der Waals surface area (Å²) in [5.74, 6) is -2.26. The minimum atomic E-state index is -0.822. The van der Waals surface area contributed by atoms with Crippen molar-refractivity contribution in [2.75, 3.05) is 20.3 Å². The Bertz CT molecular complexity index is 826. The lowest BCUT2D eigenvalue weighted by Gasteiger charge is -2.26. The molecule has 0 saturated carbocycles. The quantitative estimate of drug-likeness (QED) is 0.607. The molecule has 0 spiro atoms. The number of aliphatic hydroxyl groups is 1. The van der Waals surface area contributed by atoms with Crippen molar-refractivity contribution in [3.05, 3.63) is 71.1 Å². The van der Waals surface area contributed by atoms with Crippen LogP contribution in [0.2, 0.25) is 0 Å². The second-order valence-corrected chi connectivity index (χ2v) is 5.87. The SMILES string of the molecule is COCCCN1C(=O)C(O)=C(C(=O)c2ccco2)[C@H]1c1ccc(F)cc1. The number of ketones is 1. The third-order valence-electron chi connectivity index (χ3n) is 4.23. The van der Waals surface area contributed by atoms with Crippen molar-refractivity contribution in [2.45, 2.75) is 12.5 Å². The number of hydrogen-bond donors (Lipinski definition) is 1. The Balaban J connectivity index is 2.02. The van der Waals surface area contributed by atoms with E-state index in [2.05, 4.69) is 0 Å². The van der Waals surface area contributed by atoms with E-state index >= 15 is 0 Å². The first-order valence-corrected chi connectivity index (χ1v) is 8.11. The summed E-state index contributed by atoms with van der Waals surface area (Å²) in [6.45, 7) is 0.690. The van der Waals surface area contributed by atoms with E-state index in [1.807, 2.05) is 0 Å². The highest BCUT2D eigenvalue weighted by Crippen LogP contribution is 2.39. The van der Waals surface area contributed by atoms with E-state index in [0.29, 0.717) is 18.6 Å². The summed E-state index contributed by atoms with van der Waals surface area (Å²) in [5, 5.41) is 10.4. The lowest BCUT2D eigenvalue weighted by molar-refractivity contribution is -0.129. The zero-order chi connectivity index (χ0) is 18.7. The van der Waals surface area contributed by atoms with Gasteiger partial charge in [0.1, 0.15) is 5.82 Å². The average Bonchev–Trinajstić information content (AvgIpc) is 3.25. The van der Waals surface area contributed by atoms with Gasteiger partial charge in [-0.25, -0.2) is 4.39 Å². The van der Waals surface area contributed by atoms with E-state index in [0.717, 1.165) is 0 Å². The molecule has 6 nitrogen and oxygen atoms in total. The van der Waals surface area contributed by atoms with Crippen molar-refractivity contribution in [2.24, 2.45) is 0 Å². The Morgan fingerprint density at radius 3 is 2.65 bits per heavy atom. The van der Waals surface area contributed by atoms with Gasteiger partial charge >= 0.3 is 0 Å². The van der Waals surface area contributed by atoms with Crippen LogP contribution < -0.4 is 0 Å². The van der Waals surface area contributed by atoms with Crippen LogP contribution in [-0.4, -0.2) is 42.0 Å². The summed E-state index contributed by atoms with van der Waals surface area (Å²) in [5.41, 5.74) is 0.449. The van der Waals surface area contributed by atoms with Gasteiger partial charge in [0.25, 0.3) is 5.91 Å². The Labute approximate surface area is 149 Å². The van der Waals surface area contributed by atoms with Crippen molar-refractivity contribution >= 4 is 11.7 Å². The molecule has 2 aromatic rings. The van der Waals surface area contributed by atoms with Crippen LogP contribution in [0.5, 0.6) is 0 Å². The van der Waals surface area contributed by atoms with Crippen LogP contribution in [0.1, 0.15) is 28.6 Å². The molecule has 2 heterocycles. The van der Waals surface area contributed by atoms with Gasteiger partial charge in [0, 0.05) is 20.3 Å². The summed E-state index contributed by atoms with van der Waals surface area (Å²) in [7, 11) is 1.55. The second-order valence-electron chi connectivity index (χ2n) is 5.87. The topological polar surface area (TPSA) is 80.0 Å². The normalized spacial score (nSPS) is 17.2. The van der Waals surface area contributed by atoms with Gasteiger partial charge in [-0.3, -0.25) is 9.59 Å². The Hall–Kier alpha value is -2.93. The van der Waals surface area contributed by atoms with Gasteiger partial charge in [-0.2, -0.15) is 0 Å². The van der Waals surface area contributed by atoms with Gasteiger partial charge in [-0.05, 0) is 36.2 Å². The Kier molecular flexibility index (Phi) is 5.18. The van der Waals surface area contributed by atoms with Crippen LogP contribution in [0.25, 0.3) is 0 Å². The minimum absolute atomic E-state index is 0.0187. The van der Waals surface area contributed by atoms with Crippen molar-refractivity contribution in [1.29, 1.82) is 0 Å². The van der Waals surface area contributed by atoms with Crippen molar-refractivity contribution < 1.29 is 28.2 Å². The molecule has 7 heteroatoms. The van der Waals surface area contributed by atoms with Gasteiger partial charge in [0.15, 0.2) is 11.5 Å². The predicted molar refractivity (Wildman–Crippen MR) is 90.0 cm³/mol. The van der Waals surface area contributed by atoms with Crippen molar-refractivity contribution in [1.82, 2.24) is 4.90 Å². The van der Waals surface area contributed by atoms with Crippen molar-refractivity contribution in [3.8, 4) is 0 Å². The molecule has 0 saturated heterocycles. The minimum Gasteiger partial charge on any atom is -0.503 e. The van der Waals surface area contributed by atoms with Gasteiger partial charge in [-0.15, -0.1) is 0 Å². The zero-order valence-corrected chi connectivity index (χ0v) is 14.1. The molecule has 0 bridgehead atoms. The highest BCUT2D eigenvalue weighted by atomic mass is 19.1. The van der Waals surface area contributed by atoms with E-state index in [9.17, 15) is 19.1 Å². The number of ether oxygens (including phenoxy) is 1. The van der Waals surface area contributed by atoms with Crippen LogP contribution in [0.4, 0.5) is 4.39 Å². The number of rotatable bonds is 7. The van der Waals surface area contributed by atoms with Crippen LogP contribution in [0.15, 0.2) is 58.4 Å². The molecule has 0 aliphatic carbocycles. The number of carbonyl (C=O) groups excluding carboxylic acids is 2. The maximum Gasteiger partial charge on any atom is 0.290 e. The van der Waals surface area contributed by atoms with E-state index < -0.39 is 29.3 Å². The fourth-order valence-electron chi connectivity index (χ4n) is 3.03. The number of Topliss-reactive ketones (excluding diaryl/α,β-unsaturated/α-hetero) is 1. The molecular weight excluding hydrogens is 341 g/mol. The van der Waals surface area contributed by atoms with Crippen LogP contribution >= 0.6 is 0 Å².